The molecule has 0 N–H and O–H groups in total. The molecule has 0 aliphatic carbocycles. The van der Waals surface area contributed by atoms with Crippen molar-refractivity contribution in [1.29, 1.82) is 0 Å². The number of esters is 1. The van der Waals surface area contributed by atoms with Crippen LogP contribution in [0.5, 0.6) is 0 Å². The molecule has 0 heterocycles. The van der Waals surface area contributed by atoms with Gasteiger partial charge in [0.05, 0.1) is 6.61 Å². The van der Waals surface area contributed by atoms with Gasteiger partial charge in [-0.3, -0.25) is 4.79 Å². The Hall–Kier alpha value is -0.530. The van der Waals surface area contributed by atoms with Gasteiger partial charge in [-0.2, -0.15) is 0 Å². The van der Waals surface area contributed by atoms with Crippen molar-refractivity contribution in [2.45, 2.75) is 156 Å². The molecule has 0 aromatic heterocycles. The zero-order chi connectivity index (χ0) is 21.4. The maximum Gasteiger partial charge on any atom is 0.305 e. The van der Waals surface area contributed by atoms with E-state index in [9.17, 15) is 4.79 Å². The smallest absolute Gasteiger partial charge is 0.305 e. The van der Waals surface area contributed by atoms with Crippen LogP contribution in [0, 0.1) is 5.92 Å². The van der Waals surface area contributed by atoms with E-state index in [-0.39, 0.29) is 5.97 Å². The summed E-state index contributed by atoms with van der Waals surface area (Å²) in [6.07, 6.45) is 26.9. The highest BCUT2D eigenvalue weighted by molar-refractivity contribution is 5.69. The number of ether oxygens (including phenoxy) is 1. The molecule has 0 amide bonds. The van der Waals surface area contributed by atoms with Crippen LogP contribution in [-0.4, -0.2) is 12.6 Å². The van der Waals surface area contributed by atoms with Gasteiger partial charge in [0.25, 0.3) is 0 Å². The Morgan fingerprint density at radius 2 is 0.966 bits per heavy atom. The highest BCUT2D eigenvalue weighted by Crippen LogP contribution is 2.20. The average molecular weight is 411 g/mol. The van der Waals surface area contributed by atoms with Crippen molar-refractivity contribution in [3.8, 4) is 0 Å². The first-order valence-electron chi connectivity index (χ1n) is 13.4. The molecule has 0 atom stereocenters. The molecule has 2 heteroatoms. The van der Waals surface area contributed by atoms with Crippen LogP contribution in [0.1, 0.15) is 156 Å². The molecule has 0 aromatic carbocycles. The molecule has 0 saturated carbocycles. The second-order valence-corrected chi connectivity index (χ2v) is 9.15. The van der Waals surface area contributed by atoms with Crippen LogP contribution in [-0.2, 0) is 9.53 Å². The summed E-state index contributed by atoms with van der Waals surface area (Å²) in [5.41, 5.74) is 0. The number of unbranched alkanes of at least 4 members (excludes halogenated alkanes) is 14. The normalized spacial score (nSPS) is 11.3. The van der Waals surface area contributed by atoms with E-state index in [0.29, 0.717) is 13.0 Å². The molecule has 0 aromatic rings. The fourth-order valence-corrected chi connectivity index (χ4v) is 4.12. The van der Waals surface area contributed by atoms with Crippen molar-refractivity contribution in [3.05, 3.63) is 0 Å². The molecule has 0 radical (unpaired) electrons. The molecule has 0 aliphatic rings. The molecule has 0 unspecified atom stereocenters. The van der Waals surface area contributed by atoms with Gasteiger partial charge in [0.1, 0.15) is 0 Å². The zero-order valence-corrected chi connectivity index (χ0v) is 20.5. The number of rotatable bonds is 23. The SMILES string of the molecule is CCCCCCCCCCCCCCCC(=O)OCCC(CCCC)CCCC. The summed E-state index contributed by atoms with van der Waals surface area (Å²) in [6.45, 7) is 7.43. The summed E-state index contributed by atoms with van der Waals surface area (Å²) < 4.78 is 5.50. The Morgan fingerprint density at radius 1 is 0.552 bits per heavy atom. The number of hydrogen-bond donors (Lipinski definition) is 0. The average Bonchev–Trinajstić information content (AvgIpc) is 2.73. The molecule has 2 nitrogen and oxygen atoms in total. The lowest BCUT2D eigenvalue weighted by Gasteiger charge is -2.16. The first-order chi connectivity index (χ1) is 14.2. The van der Waals surface area contributed by atoms with Gasteiger partial charge < -0.3 is 4.74 Å². The molecule has 0 spiro atoms. The lowest BCUT2D eigenvalue weighted by atomic mass is 9.93. The fraction of sp³-hybridized carbons (Fsp3) is 0.963. The standard InChI is InChI=1S/C27H54O2/c1-4-7-10-11-12-13-14-15-16-17-18-19-20-23-27(28)29-25-24-26(21-8-5-2)22-9-6-3/h26H,4-25H2,1-3H3. The van der Waals surface area contributed by atoms with Crippen LogP contribution in [0.25, 0.3) is 0 Å². The predicted octanol–water partition coefficient (Wildman–Crippen LogP) is 9.40. The Kier molecular flexibility index (Phi) is 23.3. The Balaban J connectivity index is 3.42. The fourth-order valence-electron chi connectivity index (χ4n) is 4.12. The minimum absolute atomic E-state index is 0.0257. The number of carbonyl (C=O) groups excluding carboxylic acids is 1. The van der Waals surface area contributed by atoms with Crippen LogP contribution in [0.4, 0.5) is 0 Å². The summed E-state index contributed by atoms with van der Waals surface area (Å²) in [7, 11) is 0. The second-order valence-electron chi connectivity index (χ2n) is 9.15. The van der Waals surface area contributed by atoms with Gasteiger partial charge >= 0.3 is 5.97 Å². The minimum atomic E-state index is 0.0257. The van der Waals surface area contributed by atoms with E-state index in [4.69, 9.17) is 4.74 Å². The first-order valence-corrected chi connectivity index (χ1v) is 13.4. The Bertz CT molecular complexity index is 318. The van der Waals surface area contributed by atoms with Gasteiger partial charge in [-0.15, -0.1) is 0 Å². The first kappa shape index (κ1) is 28.5. The van der Waals surface area contributed by atoms with Crippen molar-refractivity contribution >= 4 is 5.97 Å². The summed E-state index contributed by atoms with van der Waals surface area (Å²) in [4.78, 5) is 11.9. The largest absolute Gasteiger partial charge is 0.466 e. The summed E-state index contributed by atoms with van der Waals surface area (Å²) in [5.74, 6) is 0.775. The van der Waals surface area contributed by atoms with Crippen LogP contribution >= 0.6 is 0 Å². The minimum Gasteiger partial charge on any atom is -0.466 e. The van der Waals surface area contributed by atoms with Gasteiger partial charge in [0.2, 0.25) is 0 Å². The van der Waals surface area contributed by atoms with Crippen LogP contribution < -0.4 is 0 Å². The van der Waals surface area contributed by atoms with Crippen molar-refractivity contribution in [2.75, 3.05) is 6.61 Å². The van der Waals surface area contributed by atoms with Crippen molar-refractivity contribution in [2.24, 2.45) is 5.92 Å². The monoisotopic (exact) mass is 410 g/mol. The van der Waals surface area contributed by atoms with Crippen LogP contribution in [0.15, 0.2) is 0 Å². The molecule has 0 aliphatic heterocycles. The highest BCUT2D eigenvalue weighted by atomic mass is 16.5. The Morgan fingerprint density at radius 3 is 1.41 bits per heavy atom. The summed E-state index contributed by atoms with van der Waals surface area (Å²) >= 11 is 0. The van der Waals surface area contributed by atoms with E-state index in [1.165, 1.54) is 116 Å². The topological polar surface area (TPSA) is 26.3 Å². The summed E-state index contributed by atoms with van der Waals surface area (Å²) in [6, 6.07) is 0. The van der Waals surface area contributed by atoms with Gasteiger partial charge in [0, 0.05) is 6.42 Å². The van der Waals surface area contributed by atoms with Crippen molar-refractivity contribution < 1.29 is 9.53 Å². The van der Waals surface area contributed by atoms with Gasteiger partial charge in [-0.05, 0) is 18.8 Å². The number of hydrogen-bond acceptors (Lipinski definition) is 2. The highest BCUT2D eigenvalue weighted by Gasteiger charge is 2.10. The molecule has 0 rings (SSSR count). The van der Waals surface area contributed by atoms with Gasteiger partial charge in [0.15, 0.2) is 0 Å². The van der Waals surface area contributed by atoms with E-state index >= 15 is 0 Å². The second kappa shape index (κ2) is 23.7. The molecule has 29 heavy (non-hydrogen) atoms. The van der Waals surface area contributed by atoms with Gasteiger partial charge in [-0.1, -0.05) is 136 Å². The Labute approximate surface area is 184 Å². The van der Waals surface area contributed by atoms with Crippen molar-refractivity contribution in [1.82, 2.24) is 0 Å². The molecular weight excluding hydrogens is 356 g/mol. The third-order valence-electron chi connectivity index (χ3n) is 6.21. The maximum absolute atomic E-state index is 11.9. The van der Waals surface area contributed by atoms with Gasteiger partial charge in [-0.25, -0.2) is 0 Å². The van der Waals surface area contributed by atoms with Crippen molar-refractivity contribution in [3.63, 3.8) is 0 Å². The quantitative estimate of drug-likeness (QED) is 0.124. The zero-order valence-electron chi connectivity index (χ0n) is 20.5. The lowest BCUT2D eigenvalue weighted by Crippen LogP contribution is -2.10. The molecule has 0 saturated heterocycles. The third-order valence-corrected chi connectivity index (χ3v) is 6.21. The van der Waals surface area contributed by atoms with E-state index in [2.05, 4.69) is 20.8 Å². The van der Waals surface area contributed by atoms with Crippen LogP contribution in [0.2, 0.25) is 0 Å². The molecule has 174 valence electrons. The predicted molar refractivity (Wildman–Crippen MR) is 128 cm³/mol. The number of carbonyl (C=O) groups is 1. The molecular formula is C27H54O2. The van der Waals surface area contributed by atoms with E-state index < -0.39 is 0 Å². The van der Waals surface area contributed by atoms with E-state index in [1.807, 2.05) is 0 Å². The van der Waals surface area contributed by atoms with E-state index in [1.54, 1.807) is 0 Å². The van der Waals surface area contributed by atoms with Crippen LogP contribution in [0.3, 0.4) is 0 Å². The molecule has 0 bridgehead atoms. The van der Waals surface area contributed by atoms with E-state index in [0.717, 1.165) is 18.8 Å². The maximum atomic E-state index is 11.9. The molecule has 0 fully saturated rings. The summed E-state index contributed by atoms with van der Waals surface area (Å²) in [5, 5.41) is 0. The third kappa shape index (κ3) is 22.0. The lowest BCUT2D eigenvalue weighted by molar-refractivity contribution is -0.144.